The first-order valence-corrected chi connectivity index (χ1v) is 9.23. The van der Waals surface area contributed by atoms with Gasteiger partial charge in [0.1, 0.15) is 0 Å². The maximum Gasteiger partial charge on any atom is 0.243 e. The van der Waals surface area contributed by atoms with E-state index in [0.29, 0.717) is 6.42 Å². The Morgan fingerprint density at radius 1 is 1.17 bits per heavy atom. The van der Waals surface area contributed by atoms with E-state index in [0.717, 1.165) is 23.6 Å². The van der Waals surface area contributed by atoms with Crippen LogP contribution < -0.4 is 0 Å². The smallest absolute Gasteiger partial charge is 0.243 e. The number of carbonyl (C=O) groups excluding carboxylic acids is 1. The van der Waals surface area contributed by atoms with E-state index in [9.17, 15) is 18.3 Å². The molecule has 1 saturated carbocycles. The quantitative estimate of drug-likeness (QED) is 0.870. The van der Waals surface area contributed by atoms with E-state index >= 15 is 0 Å². The molecular weight excluding hydrogens is 316 g/mol. The van der Waals surface area contributed by atoms with Gasteiger partial charge in [-0.25, -0.2) is 8.42 Å². The number of aliphatic hydroxyl groups excluding tert-OH is 1. The summed E-state index contributed by atoms with van der Waals surface area (Å²) in [6.45, 7) is -0.239. The van der Waals surface area contributed by atoms with Gasteiger partial charge in [-0.15, -0.1) is 0 Å². The minimum Gasteiger partial charge on any atom is -0.391 e. The molecule has 0 aliphatic heterocycles. The highest BCUT2D eigenvalue weighted by Crippen LogP contribution is 2.23. The zero-order chi connectivity index (χ0) is 17.0. The highest BCUT2D eigenvalue weighted by Gasteiger charge is 2.31. The molecule has 0 unspecified atom stereocenters. The molecule has 0 heterocycles. The molecule has 0 spiro atoms. The molecule has 0 aromatic heterocycles. The summed E-state index contributed by atoms with van der Waals surface area (Å²) in [5, 5.41) is 10.0. The average molecular weight is 340 g/mol. The Morgan fingerprint density at radius 2 is 1.78 bits per heavy atom. The lowest BCUT2D eigenvalue weighted by Crippen LogP contribution is -2.49. The lowest BCUT2D eigenvalue weighted by atomic mass is 9.91. The van der Waals surface area contributed by atoms with E-state index < -0.39 is 16.1 Å². The van der Waals surface area contributed by atoms with Crippen LogP contribution >= 0.6 is 0 Å². The molecule has 0 saturated heterocycles. The predicted octanol–water partition coefficient (Wildman–Crippen LogP) is 1.07. The number of nitrogens with zero attached hydrogens (tertiary/aromatic N) is 2. The summed E-state index contributed by atoms with van der Waals surface area (Å²) in [7, 11) is -0.665. The van der Waals surface area contributed by atoms with Crippen LogP contribution in [0.1, 0.15) is 25.7 Å². The summed E-state index contributed by atoms with van der Waals surface area (Å²) in [6.07, 6.45) is 2.83. The van der Waals surface area contributed by atoms with Crippen LogP contribution in [0.2, 0.25) is 0 Å². The van der Waals surface area contributed by atoms with Crippen molar-refractivity contribution in [2.24, 2.45) is 0 Å². The second kappa shape index (κ2) is 7.42. The third-order valence-electron chi connectivity index (χ3n) is 4.39. The summed E-state index contributed by atoms with van der Waals surface area (Å²) < 4.78 is 25.9. The molecule has 1 aromatic rings. The van der Waals surface area contributed by atoms with Crippen molar-refractivity contribution in [3.8, 4) is 0 Å². The van der Waals surface area contributed by atoms with E-state index in [-0.39, 0.29) is 23.4 Å². The van der Waals surface area contributed by atoms with E-state index in [1.54, 1.807) is 25.2 Å². The van der Waals surface area contributed by atoms with Crippen LogP contribution in [0.4, 0.5) is 0 Å². The molecule has 1 amide bonds. The monoisotopic (exact) mass is 340 g/mol. The van der Waals surface area contributed by atoms with E-state index in [2.05, 4.69) is 0 Å². The van der Waals surface area contributed by atoms with Gasteiger partial charge in [0.25, 0.3) is 0 Å². The molecule has 23 heavy (non-hydrogen) atoms. The summed E-state index contributed by atoms with van der Waals surface area (Å²) in [5.41, 5.74) is 0. The van der Waals surface area contributed by atoms with Gasteiger partial charge in [0.05, 0.1) is 23.6 Å². The maximum atomic E-state index is 12.4. The molecule has 7 heteroatoms. The van der Waals surface area contributed by atoms with Crippen molar-refractivity contribution >= 4 is 15.9 Å². The molecule has 0 bridgehead atoms. The van der Waals surface area contributed by atoms with E-state index in [1.807, 2.05) is 0 Å². The number of likely N-dealkylation sites (N-methyl/N-ethyl adjacent to an activating group) is 2. The Bertz CT molecular complexity index is 633. The van der Waals surface area contributed by atoms with E-state index in [4.69, 9.17) is 0 Å². The molecule has 1 aromatic carbocycles. The van der Waals surface area contributed by atoms with Crippen LogP contribution in [0.25, 0.3) is 0 Å². The fraction of sp³-hybridized carbons (Fsp3) is 0.562. The van der Waals surface area contributed by atoms with Gasteiger partial charge in [0.2, 0.25) is 15.9 Å². The van der Waals surface area contributed by atoms with Gasteiger partial charge in [0, 0.05) is 14.1 Å². The zero-order valence-corrected chi connectivity index (χ0v) is 14.4. The minimum absolute atomic E-state index is 0.163. The van der Waals surface area contributed by atoms with Crippen LogP contribution in [0.3, 0.4) is 0 Å². The largest absolute Gasteiger partial charge is 0.391 e. The molecule has 1 aliphatic rings. The number of benzene rings is 1. The lowest BCUT2D eigenvalue weighted by Gasteiger charge is -2.35. The molecule has 6 nitrogen and oxygen atoms in total. The van der Waals surface area contributed by atoms with Gasteiger partial charge < -0.3 is 10.0 Å². The minimum atomic E-state index is -3.69. The van der Waals surface area contributed by atoms with Crippen molar-refractivity contribution in [1.29, 1.82) is 0 Å². The number of aliphatic hydroxyl groups is 1. The topological polar surface area (TPSA) is 77.9 Å². The van der Waals surface area contributed by atoms with E-state index in [1.165, 1.54) is 24.1 Å². The molecule has 2 atom stereocenters. The number of sulfonamides is 1. The molecule has 1 N–H and O–H groups in total. The van der Waals surface area contributed by atoms with Gasteiger partial charge in [-0.2, -0.15) is 4.31 Å². The summed E-state index contributed by atoms with van der Waals surface area (Å²) in [5.74, 6) is -0.307. The highest BCUT2D eigenvalue weighted by atomic mass is 32.2. The number of carbonyl (C=O) groups is 1. The van der Waals surface area contributed by atoms with Gasteiger partial charge in [-0.3, -0.25) is 4.79 Å². The fourth-order valence-electron chi connectivity index (χ4n) is 2.89. The Hall–Kier alpha value is -1.44. The fourth-order valence-corrected chi connectivity index (χ4v) is 4.03. The van der Waals surface area contributed by atoms with Gasteiger partial charge in [0.15, 0.2) is 0 Å². The van der Waals surface area contributed by atoms with Crippen molar-refractivity contribution in [3.05, 3.63) is 30.3 Å². The number of rotatable bonds is 5. The second-order valence-corrected chi connectivity index (χ2v) is 8.04. The average Bonchev–Trinajstić information content (AvgIpc) is 2.55. The lowest BCUT2D eigenvalue weighted by molar-refractivity contribution is -0.135. The molecule has 2 rings (SSSR count). The first-order chi connectivity index (χ1) is 10.8. The molecule has 128 valence electrons. The third kappa shape index (κ3) is 4.10. The SMILES string of the molecule is CN(C(=O)CN(C)S(=O)(=O)c1ccccc1)[C@@H]1CCCC[C@H]1O. The van der Waals surface area contributed by atoms with Crippen molar-refractivity contribution in [1.82, 2.24) is 9.21 Å². The first-order valence-electron chi connectivity index (χ1n) is 7.79. The number of hydrogen-bond donors (Lipinski definition) is 1. The van der Waals surface area contributed by atoms with Crippen LogP contribution in [-0.2, 0) is 14.8 Å². The molecule has 0 radical (unpaired) electrons. The summed E-state index contributed by atoms with van der Waals surface area (Å²) in [6, 6.07) is 7.81. The number of amides is 1. The normalized spacial score (nSPS) is 22.1. The Labute approximate surface area is 137 Å². The zero-order valence-electron chi connectivity index (χ0n) is 13.6. The summed E-state index contributed by atoms with van der Waals surface area (Å²) >= 11 is 0. The van der Waals surface area contributed by atoms with Gasteiger partial charge in [-0.05, 0) is 25.0 Å². The Kier molecular flexibility index (Phi) is 5.78. The Morgan fingerprint density at radius 3 is 2.39 bits per heavy atom. The van der Waals surface area contributed by atoms with Gasteiger partial charge in [-0.1, -0.05) is 31.0 Å². The van der Waals surface area contributed by atoms with Crippen molar-refractivity contribution < 1.29 is 18.3 Å². The maximum absolute atomic E-state index is 12.4. The molecular formula is C16H24N2O4S. The molecule has 1 aliphatic carbocycles. The summed E-state index contributed by atoms with van der Waals surface area (Å²) in [4.78, 5) is 14.0. The second-order valence-electron chi connectivity index (χ2n) is 6.00. The van der Waals surface area contributed by atoms with Gasteiger partial charge >= 0.3 is 0 Å². The van der Waals surface area contributed by atoms with Crippen molar-refractivity contribution in [3.63, 3.8) is 0 Å². The third-order valence-corrected chi connectivity index (χ3v) is 6.21. The first kappa shape index (κ1) is 17.9. The molecule has 1 fully saturated rings. The predicted molar refractivity (Wildman–Crippen MR) is 87.3 cm³/mol. The number of hydrogen-bond acceptors (Lipinski definition) is 4. The highest BCUT2D eigenvalue weighted by molar-refractivity contribution is 7.89. The Balaban J connectivity index is 2.04. The van der Waals surface area contributed by atoms with Crippen LogP contribution in [0, 0.1) is 0 Å². The van der Waals surface area contributed by atoms with Crippen LogP contribution in [0.15, 0.2) is 35.2 Å². The van der Waals surface area contributed by atoms with Crippen molar-refractivity contribution in [2.45, 2.75) is 42.7 Å². The van der Waals surface area contributed by atoms with Crippen molar-refractivity contribution in [2.75, 3.05) is 20.6 Å². The van der Waals surface area contributed by atoms with Crippen LogP contribution in [-0.4, -0.2) is 61.4 Å². The standard InChI is InChI=1S/C16H24N2O4S/c1-17(23(21,22)13-8-4-3-5-9-13)12-16(20)18(2)14-10-6-7-11-15(14)19/h3-5,8-9,14-15,19H,6-7,10-12H2,1-2H3/t14-,15-/m1/s1. The van der Waals surface area contributed by atoms with Crippen LogP contribution in [0.5, 0.6) is 0 Å².